The fraction of sp³-hybridized carbons (Fsp3) is 0.316. The summed E-state index contributed by atoms with van der Waals surface area (Å²) in [5.74, 6) is -0.0203. The van der Waals surface area contributed by atoms with Crippen LogP contribution >= 0.6 is 0 Å². The van der Waals surface area contributed by atoms with Crippen LogP contribution < -0.4 is 10.0 Å². The Labute approximate surface area is 149 Å². The monoisotopic (exact) mass is 360 g/mol. The van der Waals surface area contributed by atoms with E-state index in [9.17, 15) is 13.2 Å². The van der Waals surface area contributed by atoms with Crippen LogP contribution in [-0.2, 0) is 33.5 Å². The molecule has 2 aromatic rings. The lowest BCUT2D eigenvalue weighted by Gasteiger charge is -2.07. The predicted molar refractivity (Wildman–Crippen MR) is 99.4 cm³/mol. The Kier molecular flexibility index (Phi) is 7.16. The van der Waals surface area contributed by atoms with Gasteiger partial charge < -0.3 is 5.32 Å². The van der Waals surface area contributed by atoms with Gasteiger partial charge in [-0.15, -0.1) is 0 Å². The van der Waals surface area contributed by atoms with E-state index in [4.69, 9.17) is 0 Å². The van der Waals surface area contributed by atoms with Gasteiger partial charge in [-0.05, 0) is 36.6 Å². The smallest absolute Gasteiger partial charge is 0.220 e. The number of aryl methyl sites for hydroxylation is 1. The summed E-state index contributed by atoms with van der Waals surface area (Å²) in [7, 11) is -1.86. The van der Waals surface area contributed by atoms with Crippen molar-refractivity contribution in [1.82, 2.24) is 10.0 Å². The van der Waals surface area contributed by atoms with Crippen molar-refractivity contribution in [3.8, 4) is 0 Å². The highest BCUT2D eigenvalue weighted by molar-refractivity contribution is 7.88. The Bertz CT molecular complexity index is 772. The molecule has 2 rings (SSSR count). The first kappa shape index (κ1) is 19.1. The first-order chi connectivity index (χ1) is 12.0. The standard InChI is InChI=1S/C19H24N2O3S/c1-20-25(23,24)15-18-12-10-17(11-13-18)14-21-19(22)9-5-8-16-6-3-2-4-7-16/h2-4,6-7,10-13,20H,5,8-9,14-15H2,1H3,(H,21,22). The zero-order valence-corrected chi connectivity index (χ0v) is 15.2. The predicted octanol–water partition coefficient (Wildman–Crippen LogP) is 2.37. The van der Waals surface area contributed by atoms with Gasteiger partial charge in [-0.1, -0.05) is 54.6 Å². The van der Waals surface area contributed by atoms with Crippen molar-refractivity contribution < 1.29 is 13.2 Å². The zero-order chi connectivity index (χ0) is 18.1. The molecular weight excluding hydrogens is 336 g/mol. The van der Waals surface area contributed by atoms with Crippen molar-refractivity contribution in [2.24, 2.45) is 0 Å². The number of carbonyl (C=O) groups is 1. The van der Waals surface area contributed by atoms with Gasteiger partial charge in [0.1, 0.15) is 0 Å². The van der Waals surface area contributed by atoms with Crippen molar-refractivity contribution in [3.05, 3.63) is 71.3 Å². The van der Waals surface area contributed by atoms with Crippen molar-refractivity contribution in [2.45, 2.75) is 31.6 Å². The molecule has 2 N–H and O–H groups in total. The molecule has 1 amide bonds. The summed E-state index contributed by atoms with van der Waals surface area (Å²) in [4.78, 5) is 11.9. The number of amides is 1. The Hall–Kier alpha value is -2.18. The molecule has 0 fully saturated rings. The molecule has 0 atom stereocenters. The third-order valence-corrected chi connectivity index (χ3v) is 5.23. The van der Waals surface area contributed by atoms with Crippen LogP contribution in [0.1, 0.15) is 29.5 Å². The lowest BCUT2D eigenvalue weighted by molar-refractivity contribution is -0.121. The van der Waals surface area contributed by atoms with Crippen molar-refractivity contribution in [3.63, 3.8) is 0 Å². The topological polar surface area (TPSA) is 75.3 Å². The van der Waals surface area contributed by atoms with Crippen LogP contribution in [0.3, 0.4) is 0 Å². The first-order valence-corrected chi connectivity index (χ1v) is 9.93. The number of carbonyl (C=O) groups excluding carboxylic acids is 1. The summed E-state index contributed by atoms with van der Waals surface area (Å²) in [5, 5.41) is 2.89. The molecule has 0 heterocycles. The molecule has 25 heavy (non-hydrogen) atoms. The van der Waals surface area contributed by atoms with Crippen molar-refractivity contribution in [1.29, 1.82) is 0 Å². The van der Waals surface area contributed by atoms with Gasteiger partial charge in [0.15, 0.2) is 0 Å². The molecule has 6 heteroatoms. The summed E-state index contributed by atoms with van der Waals surface area (Å²) in [6.45, 7) is 0.448. The van der Waals surface area contributed by atoms with Gasteiger partial charge in [0.05, 0.1) is 5.75 Å². The van der Waals surface area contributed by atoms with E-state index in [1.165, 1.54) is 12.6 Å². The van der Waals surface area contributed by atoms with E-state index in [1.807, 2.05) is 30.3 Å². The molecule has 0 saturated carbocycles. The molecule has 134 valence electrons. The molecular formula is C19H24N2O3S. The average Bonchev–Trinajstić information content (AvgIpc) is 2.62. The summed E-state index contributed by atoms with van der Waals surface area (Å²) in [6.07, 6.45) is 2.20. The quantitative estimate of drug-likeness (QED) is 0.721. The molecule has 0 bridgehead atoms. The second-order valence-corrected chi connectivity index (χ2v) is 7.82. The minimum Gasteiger partial charge on any atom is -0.352 e. The van der Waals surface area contributed by atoms with Gasteiger partial charge >= 0.3 is 0 Å². The minimum absolute atomic E-state index is 0.0257. The summed E-state index contributed by atoms with van der Waals surface area (Å²) in [5.41, 5.74) is 2.90. The molecule has 0 aliphatic heterocycles. The van der Waals surface area contributed by atoms with Crippen LogP contribution in [0.2, 0.25) is 0 Å². The lowest BCUT2D eigenvalue weighted by atomic mass is 10.1. The Morgan fingerprint density at radius 2 is 1.56 bits per heavy atom. The third kappa shape index (κ3) is 7.07. The molecule has 5 nitrogen and oxygen atoms in total. The fourth-order valence-electron chi connectivity index (χ4n) is 2.43. The van der Waals surface area contributed by atoms with E-state index in [1.54, 1.807) is 12.1 Å². The molecule has 0 spiro atoms. The number of benzene rings is 2. The van der Waals surface area contributed by atoms with Crippen LogP contribution in [0.5, 0.6) is 0 Å². The van der Waals surface area contributed by atoms with E-state index in [0.717, 1.165) is 18.4 Å². The maximum absolute atomic E-state index is 11.9. The summed E-state index contributed by atoms with van der Waals surface area (Å²) < 4.78 is 25.3. The van der Waals surface area contributed by atoms with Gasteiger partial charge in [0.25, 0.3) is 0 Å². The SMILES string of the molecule is CNS(=O)(=O)Cc1ccc(CNC(=O)CCCc2ccccc2)cc1. The number of rotatable bonds is 9. The normalized spacial score (nSPS) is 11.2. The van der Waals surface area contributed by atoms with E-state index >= 15 is 0 Å². The van der Waals surface area contributed by atoms with Crippen LogP contribution in [0.4, 0.5) is 0 Å². The largest absolute Gasteiger partial charge is 0.352 e. The number of sulfonamides is 1. The van der Waals surface area contributed by atoms with Gasteiger partial charge in [-0.3, -0.25) is 4.79 Å². The molecule has 0 aliphatic rings. The average molecular weight is 360 g/mol. The summed E-state index contributed by atoms with van der Waals surface area (Å²) >= 11 is 0. The van der Waals surface area contributed by atoms with Crippen LogP contribution in [-0.4, -0.2) is 21.4 Å². The molecule has 0 radical (unpaired) electrons. The van der Waals surface area contributed by atoms with E-state index in [-0.39, 0.29) is 11.7 Å². The maximum Gasteiger partial charge on any atom is 0.220 e. The summed E-state index contributed by atoms with van der Waals surface area (Å²) in [6, 6.07) is 17.3. The minimum atomic E-state index is -3.26. The Balaban J connectivity index is 1.72. The highest BCUT2D eigenvalue weighted by atomic mass is 32.2. The molecule has 0 aliphatic carbocycles. The van der Waals surface area contributed by atoms with Gasteiger partial charge in [-0.2, -0.15) is 0 Å². The molecule has 2 aromatic carbocycles. The lowest BCUT2D eigenvalue weighted by Crippen LogP contribution is -2.22. The first-order valence-electron chi connectivity index (χ1n) is 8.28. The van der Waals surface area contributed by atoms with E-state index < -0.39 is 10.0 Å². The highest BCUT2D eigenvalue weighted by Gasteiger charge is 2.08. The van der Waals surface area contributed by atoms with E-state index in [2.05, 4.69) is 22.2 Å². The number of hydrogen-bond acceptors (Lipinski definition) is 3. The van der Waals surface area contributed by atoms with Gasteiger partial charge in [-0.25, -0.2) is 13.1 Å². The van der Waals surface area contributed by atoms with E-state index in [0.29, 0.717) is 18.5 Å². The van der Waals surface area contributed by atoms with Crippen molar-refractivity contribution >= 4 is 15.9 Å². The fourth-order valence-corrected chi connectivity index (χ4v) is 3.21. The van der Waals surface area contributed by atoms with Gasteiger partial charge in [0, 0.05) is 13.0 Å². The zero-order valence-electron chi connectivity index (χ0n) is 14.4. The van der Waals surface area contributed by atoms with Crippen molar-refractivity contribution in [2.75, 3.05) is 7.05 Å². The Morgan fingerprint density at radius 3 is 2.20 bits per heavy atom. The van der Waals surface area contributed by atoms with Crippen LogP contribution in [0, 0.1) is 0 Å². The third-order valence-electron chi connectivity index (χ3n) is 3.89. The van der Waals surface area contributed by atoms with Crippen LogP contribution in [0.15, 0.2) is 54.6 Å². The molecule has 0 saturated heterocycles. The highest BCUT2D eigenvalue weighted by Crippen LogP contribution is 2.08. The second-order valence-electron chi connectivity index (χ2n) is 5.90. The van der Waals surface area contributed by atoms with Crippen LogP contribution in [0.25, 0.3) is 0 Å². The molecule has 0 unspecified atom stereocenters. The Morgan fingerprint density at radius 1 is 0.920 bits per heavy atom. The maximum atomic E-state index is 11.9. The van der Waals surface area contributed by atoms with Gasteiger partial charge in [0.2, 0.25) is 15.9 Å². The number of hydrogen-bond donors (Lipinski definition) is 2. The molecule has 0 aromatic heterocycles. The number of nitrogens with one attached hydrogen (secondary N) is 2. The second kappa shape index (κ2) is 9.34.